The van der Waals surface area contributed by atoms with E-state index in [1.54, 1.807) is 24.3 Å². The molecule has 47 heavy (non-hydrogen) atoms. The van der Waals surface area contributed by atoms with Crippen LogP contribution in [0.15, 0.2) is 48.5 Å². The maximum Gasteiger partial charge on any atom is 0.385 e. The highest BCUT2D eigenvalue weighted by Gasteiger charge is 2.93. The smallest absolute Gasteiger partial charge is 0.385 e. The fourth-order valence-corrected chi connectivity index (χ4v) is 3.76. The SMILES string of the molecule is CCCCCCOc1ccc(-c2ccc(C(=O)OCC(F)(F)C(F)(F)C(F)(F)C(F)(F)C(F)(F)C(F)(F)C(F)(F)C(F)F)cc2)cc1. The normalized spacial score (nSPS) is 14.0. The summed E-state index contributed by atoms with van der Waals surface area (Å²) in [6.45, 7) is -0.746. The molecule has 0 heterocycles. The molecule has 2 rings (SSSR count). The second-order valence-electron chi connectivity index (χ2n) is 10.1. The van der Waals surface area contributed by atoms with Crippen LogP contribution in [0.4, 0.5) is 70.2 Å². The molecule has 2 aromatic carbocycles. The minimum absolute atomic E-state index is 0.380. The molecule has 0 amide bonds. The van der Waals surface area contributed by atoms with Gasteiger partial charge in [-0.25, -0.2) is 13.6 Å². The van der Waals surface area contributed by atoms with Crippen molar-refractivity contribution in [3.8, 4) is 16.9 Å². The lowest BCUT2D eigenvalue weighted by atomic mass is 9.89. The lowest BCUT2D eigenvalue weighted by molar-refractivity contribution is -0.447. The molecular formula is C28H24F16O3. The van der Waals surface area contributed by atoms with E-state index in [0.717, 1.165) is 37.8 Å². The Morgan fingerprint density at radius 2 is 1.06 bits per heavy atom. The van der Waals surface area contributed by atoms with Gasteiger partial charge < -0.3 is 9.47 Å². The molecule has 0 aliphatic rings. The Labute approximate surface area is 255 Å². The summed E-state index contributed by atoms with van der Waals surface area (Å²) in [7, 11) is 0. The summed E-state index contributed by atoms with van der Waals surface area (Å²) >= 11 is 0. The number of carbonyl (C=O) groups is 1. The van der Waals surface area contributed by atoms with Gasteiger partial charge in [0.2, 0.25) is 0 Å². The van der Waals surface area contributed by atoms with Gasteiger partial charge in [-0.05, 0) is 41.8 Å². The molecule has 0 saturated carbocycles. The van der Waals surface area contributed by atoms with Gasteiger partial charge in [0.1, 0.15) is 5.75 Å². The standard InChI is InChI=1S/C28H24F16O3/c1-2-3-4-5-14-46-19-12-10-17(11-13-19)16-6-8-18(9-7-16)20(45)47-15-22(31,32)24(35,36)26(39,40)28(43,44)27(41,42)25(37,38)23(33,34)21(29)30/h6-13,21H,2-5,14-15H2,1H3. The third-order valence-corrected chi connectivity index (χ3v) is 6.69. The van der Waals surface area contributed by atoms with Crippen molar-refractivity contribution in [2.75, 3.05) is 13.2 Å². The summed E-state index contributed by atoms with van der Waals surface area (Å²) in [5, 5.41) is 0. The van der Waals surface area contributed by atoms with E-state index in [9.17, 15) is 75.0 Å². The van der Waals surface area contributed by atoms with Crippen molar-refractivity contribution in [1.82, 2.24) is 0 Å². The first-order valence-electron chi connectivity index (χ1n) is 13.3. The molecule has 0 bridgehead atoms. The zero-order chi connectivity index (χ0) is 36.3. The maximum absolute atomic E-state index is 14.0. The monoisotopic (exact) mass is 712 g/mol. The maximum atomic E-state index is 14.0. The van der Waals surface area contributed by atoms with Crippen molar-refractivity contribution in [3.63, 3.8) is 0 Å². The predicted molar refractivity (Wildman–Crippen MR) is 132 cm³/mol. The first-order chi connectivity index (χ1) is 21.3. The van der Waals surface area contributed by atoms with Gasteiger partial charge in [-0.3, -0.25) is 0 Å². The van der Waals surface area contributed by atoms with Gasteiger partial charge >= 0.3 is 53.9 Å². The molecule has 0 aliphatic carbocycles. The molecule has 0 spiro atoms. The highest BCUT2D eigenvalue weighted by molar-refractivity contribution is 5.90. The van der Waals surface area contributed by atoms with Crippen molar-refractivity contribution in [2.24, 2.45) is 0 Å². The van der Waals surface area contributed by atoms with Crippen LogP contribution in [0, 0.1) is 0 Å². The molecular weight excluding hydrogens is 688 g/mol. The van der Waals surface area contributed by atoms with Gasteiger partial charge in [-0.2, -0.15) is 61.5 Å². The molecule has 0 saturated heterocycles. The van der Waals surface area contributed by atoms with E-state index in [2.05, 4.69) is 4.74 Å². The summed E-state index contributed by atoms with van der Waals surface area (Å²) in [5.41, 5.74) is 0.189. The number of benzene rings is 2. The Morgan fingerprint density at radius 1 is 0.617 bits per heavy atom. The van der Waals surface area contributed by atoms with E-state index in [1.807, 2.05) is 6.92 Å². The van der Waals surface area contributed by atoms with Crippen LogP contribution in [0.5, 0.6) is 5.75 Å². The molecule has 0 unspecified atom stereocenters. The third kappa shape index (κ3) is 7.37. The van der Waals surface area contributed by atoms with Crippen molar-refractivity contribution in [2.45, 2.75) is 80.5 Å². The molecule has 0 radical (unpaired) electrons. The number of esters is 1. The highest BCUT2D eigenvalue weighted by atomic mass is 19.4. The molecule has 0 fully saturated rings. The summed E-state index contributed by atoms with van der Waals surface area (Å²) in [4.78, 5) is 12.1. The lowest BCUT2D eigenvalue weighted by Crippen LogP contribution is -2.74. The minimum Gasteiger partial charge on any atom is -0.494 e. The topological polar surface area (TPSA) is 35.5 Å². The van der Waals surface area contributed by atoms with E-state index < -0.39 is 66.0 Å². The quantitative estimate of drug-likeness (QED) is 0.0931. The second-order valence-corrected chi connectivity index (χ2v) is 10.1. The molecule has 0 atom stereocenters. The molecule has 2 aromatic rings. The second kappa shape index (κ2) is 14.0. The lowest BCUT2D eigenvalue weighted by Gasteiger charge is -2.42. The predicted octanol–water partition coefficient (Wildman–Crippen LogP) is 10.2. The van der Waals surface area contributed by atoms with E-state index in [0.29, 0.717) is 23.5 Å². The fraction of sp³-hybridized carbons (Fsp3) is 0.536. The third-order valence-electron chi connectivity index (χ3n) is 6.69. The van der Waals surface area contributed by atoms with Crippen LogP contribution in [0.1, 0.15) is 43.0 Å². The van der Waals surface area contributed by atoms with Gasteiger partial charge in [0.15, 0.2) is 6.61 Å². The highest BCUT2D eigenvalue weighted by Crippen LogP contribution is 2.62. The largest absolute Gasteiger partial charge is 0.494 e. The summed E-state index contributed by atoms with van der Waals surface area (Å²) < 4.78 is 225. The van der Waals surface area contributed by atoms with Gasteiger partial charge in [-0.15, -0.1) is 0 Å². The number of hydrogen-bond donors (Lipinski definition) is 0. The van der Waals surface area contributed by atoms with Crippen molar-refractivity contribution < 1.29 is 84.5 Å². The number of hydrogen-bond acceptors (Lipinski definition) is 3. The molecule has 3 nitrogen and oxygen atoms in total. The van der Waals surface area contributed by atoms with Crippen LogP contribution in [0.25, 0.3) is 11.1 Å². The van der Waals surface area contributed by atoms with Crippen molar-refractivity contribution >= 4 is 5.97 Å². The number of alkyl halides is 16. The van der Waals surface area contributed by atoms with Crippen LogP contribution < -0.4 is 4.74 Å². The zero-order valence-electron chi connectivity index (χ0n) is 23.7. The summed E-state index contributed by atoms with van der Waals surface area (Å²) in [6.07, 6.45) is -2.05. The minimum atomic E-state index is -8.52. The fourth-order valence-electron chi connectivity index (χ4n) is 3.76. The van der Waals surface area contributed by atoms with E-state index in [4.69, 9.17) is 4.74 Å². The van der Waals surface area contributed by atoms with Crippen LogP contribution in [-0.2, 0) is 4.74 Å². The molecule has 0 aliphatic heterocycles. The molecule has 0 aromatic heterocycles. The average molecular weight is 712 g/mol. The van der Waals surface area contributed by atoms with E-state index in [1.165, 1.54) is 12.1 Å². The van der Waals surface area contributed by atoms with Crippen LogP contribution in [-0.4, -0.2) is 67.1 Å². The summed E-state index contributed by atoms with van der Waals surface area (Å²) in [5.74, 6) is -57.1. The summed E-state index contributed by atoms with van der Waals surface area (Å²) in [6, 6.07) is 10.4. The number of unbranched alkanes of at least 4 members (excludes halogenated alkanes) is 3. The van der Waals surface area contributed by atoms with Crippen molar-refractivity contribution in [3.05, 3.63) is 54.1 Å². The first-order valence-corrected chi connectivity index (χ1v) is 13.3. The van der Waals surface area contributed by atoms with Gasteiger partial charge in [0.25, 0.3) is 0 Å². The van der Waals surface area contributed by atoms with Crippen LogP contribution in [0.2, 0.25) is 0 Å². The van der Waals surface area contributed by atoms with E-state index in [-0.39, 0.29) is 0 Å². The van der Waals surface area contributed by atoms with Crippen molar-refractivity contribution in [1.29, 1.82) is 0 Å². The Morgan fingerprint density at radius 3 is 1.53 bits per heavy atom. The van der Waals surface area contributed by atoms with Gasteiger partial charge in [0.05, 0.1) is 12.2 Å². The van der Waals surface area contributed by atoms with Gasteiger partial charge in [0, 0.05) is 0 Å². The van der Waals surface area contributed by atoms with E-state index >= 15 is 0 Å². The Balaban J connectivity index is 2.18. The number of rotatable bonds is 17. The Kier molecular flexibility index (Phi) is 11.8. The first kappa shape index (κ1) is 39.8. The van der Waals surface area contributed by atoms with Gasteiger partial charge in [-0.1, -0.05) is 50.5 Å². The average Bonchev–Trinajstić information content (AvgIpc) is 2.99. The molecule has 19 heteroatoms. The number of halogens is 16. The zero-order valence-corrected chi connectivity index (χ0v) is 23.7. The molecule has 266 valence electrons. The molecule has 0 N–H and O–H groups in total. The van der Waals surface area contributed by atoms with Crippen LogP contribution >= 0.6 is 0 Å². The van der Waals surface area contributed by atoms with Crippen LogP contribution in [0.3, 0.4) is 0 Å². The Bertz CT molecular complexity index is 1330. The number of carbonyl (C=O) groups excluding carboxylic acids is 1. The Hall–Kier alpha value is -3.41. The number of ether oxygens (including phenoxy) is 2.